The van der Waals surface area contributed by atoms with Gasteiger partial charge >= 0.3 is 5.97 Å². The van der Waals surface area contributed by atoms with E-state index in [1.807, 2.05) is 0 Å². The van der Waals surface area contributed by atoms with Crippen LogP contribution in [0.5, 0.6) is 11.5 Å². The molecule has 0 saturated heterocycles. The number of benzene rings is 2. The van der Waals surface area contributed by atoms with Gasteiger partial charge < -0.3 is 19.0 Å². The van der Waals surface area contributed by atoms with E-state index in [2.05, 4.69) is 20.9 Å². The Bertz CT molecular complexity index is 1590. The molecule has 2 aromatic carbocycles. The van der Waals surface area contributed by atoms with Gasteiger partial charge in [0.05, 0.1) is 41.4 Å². The van der Waals surface area contributed by atoms with Gasteiger partial charge in [0, 0.05) is 0 Å². The number of esters is 1. The van der Waals surface area contributed by atoms with Crippen LogP contribution in [-0.4, -0.2) is 36.2 Å². The zero-order valence-corrected chi connectivity index (χ0v) is 21.0. The first-order valence-corrected chi connectivity index (χ1v) is 11.9. The van der Waals surface area contributed by atoms with Gasteiger partial charge in [0.15, 0.2) is 22.1 Å². The van der Waals surface area contributed by atoms with Crippen LogP contribution in [0.1, 0.15) is 43.1 Å². The third-order valence-electron chi connectivity index (χ3n) is 5.73. The number of nitrogens with zero attached hydrogens (tertiary/aromatic N) is 2. The number of anilines is 1. The fourth-order valence-corrected chi connectivity index (χ4v) is 5.58. The van der Waals surface area contributed by atoms with Crippen LogP contribution >= 0.6 is 27.3 Å². The number of phenolic OH excluding ortho intramolecular Hbond substituents is 1. The molecule has 35 heavy (non-hydrogen) atoms. The fourth-order valence-electron chi connectivity index (χ4n) is 4.11. The normalized spacial score (nSPS) is 14.9. The summed E-state index contributed by atoms with van der Waals surface area (Å²) in [5, 5.41) is 10.8. The van der Waals surface area contributed by atoms with E-state index >= 15 is 0 Å². The third kappa shape index (κ3) is 3.50. The van der Waals surface area contributed by atoms with Crippen LogP contribution in [0.25, 0.3) is 11.0 Å². The van der Waals surface area contributed by atoms with Gasteiger partial charge in [-0.1, -0.05) is 23.5 Å². The number of carbonyl (C=O) groups is 2. The van der Waals surface area contributed by atoms with E-state index in [1.54, 1.807) is 37.3 Å². The molecule has 0 fully saturated rings. The molecule has 1 unspecified atom stereocenters. The van der Waals surface area contributed by atoms with Gasteiger partial charge in [0.2, 0.25) is 5.76 Å². The minimum atomic E-state index is -0.958. The maximum atomic E-state index is 13.7. The molecule has 5 rings (SSSR count). The molecule has 178 valence electrons. The van der Waals surface area contributed by atoms with Crippen molar-refractivity contribution in [3.63, 3.8) is 0 Å². The zero-order valence-electron chi connectivity index (χ0n) is 18.6. The first-order valence-electron chi connectivity index (χ1n) is 10.3. The molecule has 0 radical (unpaired) electrons. The Labute approximate surface area is 210 Å². The highest BCUT2D eigenvalue weighted by atomic mass is 79.9. The van der Waals surface area contributed by atoms with Crippen molar-refractivity contribution in [2.24, 2.45) is 0 Å². The number of aromatic hydroxyl groups is 1. The van der Waals surface area contributed by atoms with Crippen molar-refractivity contribution in [3.05, 3.63) is 78.6 Å². The predicted molar refractivity (Wildman–Crippen MR) is 132 cm³/mol. The van der Waals surface area contributed by atoms with Crippen molar-refractivity contribution >= 4 is 55.2 Å². The van der Waals surface area contributed by atoms with Crippen LogP contribution in [0, 0.1) is 6.92 Å². The summed E-state index contributed by atoms with van der Waals surface area (Å²) in [6.45, 7) is 1.63. The molecular weight excluding hydrogens is 540 g/mol. The number of hydrogen-bond donors (Lipinski definition) is 1. The van der Waals surface area contributed by atoms with Crippen LogP contribution in [0.3, 0.4) is 0 Å². The summed E-state index contributed by atoms with van der Waals surface area (Å²) in [7, 11) is 2.65. The third-order valence-corrected chi connectivity index (χ3v) is 7.47. The van der Waals surface area contributed by atoms with E-state index in [4.69, 9.17) is 13.9 Å². The fraction of sp³-hybridized carbons (Fsp3) is 0.167. The maximum absolute atomic E-state index is 13.7. The summed E-state index contributed by atoms with van der Waals surface area (Å²) in [5.41, 5.74) is 0.885. The van der Waals surface area contributed by atoms with Gasteiger partial charge in [0.1, 0.15) is 10.5 Å². The molecule has 11 heteroatoms. The number of halogens is 1. The van der Waals surface area contributed by atoms with Gasteiger partial charge in [-0.15, -0.1) is 0 Å². The average molecular weight is 557 g/mol. The number of methoxy groups -OCH3 is 2. The molecule has 1 amide bonds. The molecule has 3 heterocycles. The Balaban J connectivity index is 1.81. The Kier molecular flexibility index (Phi) is 5.60. The van der Waals surface area contributed by atoms with Gasteiger partial charge in [-0.3, -0.25) is 14.5 Å². The Morgan fingerprint density at radius 1 is 1.23 bits per heavy atom. The molecule has 4 aromatic rings. The second kappa shape index (κ2) is 8.51. The van der Waals surface area contributed by atoms with Crippen LogP contribution in [0.15, 0.2) is 50.1 Å². The number of phenols is 1. The summed E-state index contributed by atoms with van der Waals surface area (Å²) in [6, 6.07) is 8.83. The topological polar surface area (TPSA) is 119 Å². The van der Waals surface area contributed by atoms with Crippen LogP contribution in [0.4, 0.5) is 5.13 Å². The molecule has 0 saturated carbocycles. The number of ether oxygens (including phenoxy) is 2. The lowest BCUT2D eigenvalue weighted by atomic mass is 9.98. The standard InChI is InChI=1S/C24H17BrN2O7S/c1-10-21(23(31)33-3)35-24(26-10)27-17(11-8-13(25)19(29)15(9-11)32-2)16-18(28)12-6-4-5-7-14(12)34-20(16)22(27)30/h4-9,17,29H,1-3H3. The van der Waals surface area contributed by atoms with Crippen molar-refractivity contribution in [2.75, 3.05) is 19.1 Å². The monoisotopic (exact) mass is 556 g/mol. The molecule has 9 nitrogen and oxygen atoms in total. The maximum Gasteiger partial charge on any atom is 0.350 e. The van der Waals surface area contributed by atoms with Gasteiger partial charge in [-0.2, -0.15) is 0 Å². The lowest BCUT2D eigenvalue weighted by molar-refractivity contribution is 0.0605. The van der Waals surface area contributed by atoms with Gasteiger partial charge in [0.25, 0.3) is 5.91 Å². The summed E-state index contributed by atoms with van der Waals surface area (Å²) < 4.78 is 16.4. The molecule has 1 aliphatic rings. The SMILES string of the molecule is COC(=O)c1sc(N2C(=O)c3oc4ccccc4c(=O)c3C2c2cc(Br)c(O)c(OC)c2)nc1C. The quantitative estimate of drug-likeness (QED) is 0.363. The number of aromatic nitrogens is 1. The lowest BCUT2D eigenvalue weighted by Crippen LogP contribution is -2.29. The van der Waals surface area contributed by atoms with E-state index in [1.165, 1.54) is 25.2 Å². The minimum Gasteiger partial charge on any atom is -0.503 e. The molecule has 1 aliphatic heterocycles. The zero-order chi connectivity index (χ0) is 25.0. The van der Waals surface area contributed by atoms with E-state index in [9.17, 15) is 19.5 Å². The highest BCUT2D eigenvalue weighted by molar-refractivity contribution is 9.10. The van der Waals surface area contributed by atoms with Gasteiger partial charge in [-0.25, -0.2) is 9.78 Å². The summed E-state index contributed by atoms with van der Waals surface area (Å²) in [5.74, 6) is -1.27. The average Bonchev–Trinajstić information content (AvgIpc) is 3.37. The summed E-state index contributed by atoms with van der Waals surface area (Å²) >= 11 is 4.28. The molecule has 1 N–H and O–H groups in total. The molecule has 0 aliphatic carbocycles. The van der Waals surface area contributed by atoms with E-state index in [0.717, 1.165) is 11.3 Å². The molecule has 1 atom stereocenters. The summed E-state index contributed by atoms with van der Waals surface area (Å²) in [4.78, 5) is 45.5. The second-order valence-electron chi connectivity index (χ2n) is 7.70. The highest BCUT2D eigenvalue weighted by Gasteiger charge is 2.45. The number of hydrogen-bond acceptors (Lipinski definition) is 9. The number of carbonyl (C=O) groups excluding carboxylic acids is 2. The second-order valence-corrected chi connectivity index (χ2v) is 9.54. The minimum absolute atomic E-state index is 0.116. The van der Waals surface area contributed by atoms with Crippen molar-refractivity contribution in [1.29, 1.82) is 0 Å². The number of rotatable bonds is 4. The van der Waals surface area contributed by atoms with Crippen LogP contribution < -0.4 is 15.1 Å². The Hall–Kier alpha value is -3.70. The summed E-state index contributed by atoms with van der Waals surface area (Å²) in [6.07, 6.45) is 0. The predicted octanol–water partition coefficient (Wildman–Crippen LogP) is 4.57. The molecular formula is C24H17BrN2O7S. The Morgan fingerprint density at radius 3 is 2.69 bits per heavy atom. The van der Waals surface area contributed by atoms with E-state index < -0.39 is 17.9 Å². The first-order chi connectivity index (χ1) is 16.8. The largest absolute Gasteiger partial charge is 0.503 e. The van der Waals surface area contributed by atoms with E-state index in [-0.39, 0.29) is 43.8 Å². The van der Waals surface area contributed by atoms with Crippen molar-refractivity contribution in [1.82, 2.24) is 4.98 Å². The smallest absolute Gasteiger partial charge is 0.350 e. The number of thiazole rings is 1. The van der Waals surface area contributed by atoms with E-state index in [0.29, 0.717) is 21.1 Å². The van der Waals surface area contributed by atoms with Crippen LogP contribution in [0.2, 0.25) is 0 Å². The van der Waals surface area contributed by atoms with Crippen molar-refractivity contribution < 1.29 is 28.6 Å². The van der Waals surface area contributed by atoms with Crippen molar-refractivity contribution in [3.8, 4) is 11.5 Å². The molecule has 0 spiro atoms. The number of aryl methyl sites for hydroxylation is 1. The van der Waals surface area contributed by atoms with Crippen LogP contribution in [-0.2, 0) is 4.74 Å². The number of fused-ring (bicyclic) bond motifs is 2. The number of para-hydroxylation sites is 1. The first kappa shape index (κ1) is 23.1. The molecule has 2 aromatic heterocycles. The van der Waals surface area contributed by atoms with Crippen molar-refractivity contribution in [2.45, 2.75) is 13.0 Å². The van der Waals surface area contributed by atoms with Gasteiger partial charge in [-0.05, 0) is 52.7 Å². The molecule has 0 bridgehead atoms. The Morgan fingerprint density at radius 2 is 1.97 bits per heavy atom. The lowest BCUT2D eigenvalue weighted by Gasteiger charge is -2.23. The number of amides is 1. The highest BCUT2D eigenvalue weighted by Crippen LogP contribution is 2.46.